The smallest absolute Gasteiger partial charge is 0.313 e. The van der Waals surface area contributed by atoms with E-state index in [4.69, 9.17) is 4.74 Å². The number of benzene rings is 2. The molecule has 0 atom stereocenters. The fourth-order valence-electron chi connectivity index (χ4n) is 4.59. The molecule has 9 nitrogen and oxygen atoms in total. The predicted octanol–water partition coefficient (Wildman–Crippen LogP) is 5.46. The second kappa shape index (κ2) is 8.60. The van der Waals surface area contributed by atoms with Gasteiger partial charge in [-0.25, -0.2) is 9.97 Å². The number of fused-ring (bicyclic) bond motifs is 2. The average Bonchev–Trinajstić information content (AvgIpc) is 3.47. The Hall–Kier alpha value is -4.53. The summed E-state index contributed by atoms with van der Waals surface area (Å²) in [6.45, 7) is 6.02. The van der Waals surface area contributed by atoms with E-state index in [0.29, 0.717) is 18.0 Å². The standard InChI is InChI=1S/C27H25N5O4/c1-17-5-8-20(32(34)35)14-22(17)19-7-6-18-9-12-31(23(18)13-19)25-21-10-11-30(24(21)28-16-29-25)15-27(2,3)26(33)36-4/h5-14,16H,15H2,1-4H3. The minimum Gasteiger partial charge on any atom is -0.469 e. The van der Waals surface area contributed by atoms with Crippen LogP contribution >= 0.6 is 0 Å². The van der Waals surface area contributed by atoms with E-state index in [9.17, 15) is 14.9 Å². The molecule has 0 bridgehead atoms. The van der Waals surface area contributed by atoms with Crippen molar-refractivity contribution in [1.29, 1.82) is 0 Å². The highest BCUT2D eigenvalue weighted by atomic mass is 16.6. The van der Waals surface area contributed by atoms with Crippen LogP contribution in [0.4, 0.5) is 5.69 Å². The molecule has 0 radical (unpaired) electrons. The molecule has 5 aromatic rings. The lowest BCUT2D eigenvalue weighted by atomic mass is 9.94. The van der Waals surface area contributed by atoms with Gasteiger partial charge in [-0.1, -0.05) is 18.2 Å². The topological polar surface area (TPSA) is 105 Å². The number of non-ortho nitro benzene ring substituents is 1. The van der Waals surface area contributed by atoms with Crippen molar-refractivity contribution >= 4 is 33.6 Å². The van der Waals surface area contributed by atoms with Gasteiger partial charge in [0.15, 0.2) is 0 Å². The lowest BCUT2D eigenvalue weighted by Crippen LogP contribution is -2.30. The first-order valence-corrected chi connectivity index (χ1v) is 11.4. The van der Waals surface area contributed by atoms with Crippen LogP contribution in [0, 0.1) is 22.5 Å². The fraction of sp³-hybridized carbons (Fsp3) is 0.222. The zero-order valence-electron chi connectivity index (χ0n) is 20.4. The van der Waals surface area contributed by atoms with Crippen LogP contribution < -0.4 is 0 Å². The molecule has 3 heterocycles. The van der Waals surface area contributed by atoms with Crippen LogP contribution in [0.1, 0.15) is 19.4 Å². The van der Waals surface area contributed by atoms with E-state index in [-0.39, 0.29) is 16.6 Å². The summed E-state index contributed by atoms with van der Waals surface area (Å²) in [4.78, 5) is 32.2. The molecule has 0 spiro atoms. The Morgan fingerprint density at radius 3 is 2.64 bits per heavy atom. The maximum absolute atomic E-state index is 12.2. The van der Waals surface area contributed by atoms with Crippen molar-refractivity contribution in [3.63, 3.8) is 0 Å². The number of hydrogen-bond acceptors (Lipinski definition) is 6. The highest BCUT2D eigenvalue weighted by Gasteiger charge is 2.30. The van der Waals surface area contributed by atoms with E-state index in [1.54, 1.807) is 12.1 Å². The van der Waals surface area contributed by atoms with Crippen molar-refractivity contribution < 1.29 is 14.5 Å². The van der Waals surface area contributed by atoms with E-state index in [1.807, 2.05) is 72.6 Å². The highest BCUT2D eigenvalue weighted by Crippen LogP contribution is 2.32. The summed E-state index contributed by atoms with van der Waals surface area (Å²) in [5.74, 6) is 0.413. The number of nitrogens with zero attached hydrogens (tertiary/aromatic N) is 5. The molecule has 0 aliphatic carbocycles. The maximum Gasteiger partial charge on any atom is 0.313 e. The van der Waals surface area contributed by atoms with Gasteiger partial charge in [0.25, 0.3) is 5.69 Å². The van der Waals surface area contributed by atoms with Gasteiger partial charge in [-0.05, 0) is 55.7 Å². The third-order valence-corrected chi connectivity index (χ3v) is 6.50. The van der Waals surface area contributed by atoms with Crippen molar-refractivity contribution in [1.82, 2.24) is 19.1 Å². The van der Waals surface area contributed by atoms with Crippen molar-refractivity contribution in [2.45, 2.75) is 27.3 Å². The van der Waals surface area contributed by atoms with E-state index >= 15 is 0 Å². The van der Waals surface area contributed by atoms with E-state index in [0.717, 1.165) is 33.0 Å². The monoisotopic (exact) mass is 483 g/mol. The second-order valence-corrected chi connectivity index (χ2v) is 9.47. The molecule has 0 saturated carbocycles. The number of methoxy groups -OCH3 is 1. The second-order valence-electron chi connectivity index (χ2n) is 9.47. The summed E-state index contributed by atoms with van der Waals surface area (Å²) >= 11 is 0. The molecule has 0 amide bonds. The molecule has 9 heteroatoms. The molecule has 3 aromatic heterocycles. The molecule has 182 valence electrons. The Bertz CT molecular complexity index is 1650. The molecule has 0 fully saturated rings. The lowest BCUT2D eigenvalue weighted by molar-refractivity contribution is -0.384. The number of nitro benzene ring substituents is 1. The van der Waals surface area contributed by atoms with E-state index in [2.05, 4.69) is 9.97 Å². The van der Waals surface area contributed by atoms with E-state index < -0.39 is 5.41 Å². The number of esters is 1. The molecule has 2 aromatic carbocycles. The summed E-state index contributed by atoms with van der Waals surface area (Å²) in [6.07, 6.45) is 5.36. The average molecular weight is 484 g/mol. The maximum atomic E-state index is 12.2. The first kappa shape index (κ1) is 23.2. The molecular weight excluding hydrogens is 458 g/mol. The zero-order valence-corrected chi connectivity index (χ0v) is 20.4. The Morgan fingerprint density at radius 2 is 1.89 bits per heavy atom. The van der Waals surface area contributed by atoms with Crippen LogP contribution in [0.5, 0.6) is 0 Å². The summed E-state index contributed by atoms with van der Waals surface area (Å²) in [5, 5.41) is 13.2. The Kier molecular flexibility index (Phi) is 5.55. The van der Waals surface area contributed by atoms with Gasteiger partial charge in [0, 0.05) is 36.5 Å². The molecule has 0 N–H and O–H groups in total. The number of carbonyl (C=O) groups is 1. The number of aromatic nitrogens is 4. The Labute approximate surface area is 207 Å². The van der Waals surface area contributed by atoms with E-state index in [1.165, 1.54) is 19.5 Å². The lowest BCUT2D eigenvalue weighted by Gasteiger charge is -2.22. The van der Waals surface area contributed by atoms with Gasteiger partial charge >= 0.3 is 5.97 Å². The van der Waals surface area contributed by atoms with Crippen LogP contribution in [0.25, 0.3) is 38.9 Å². The first-order chi connectivity index (χ1) is 17.2. The van der Waals surface area contributed by atoms with Crippen LogP contribution in [-0.2, 0) is 16.1 Å². The minimum atomic E-state index is -0.725. The van der Waals surface area contributed by atoms with Gasteiger partial charge in [0.2, 0.25) is 0 Å². The third kappa shape index (κ3) is 3.88. The summed E-state index contributed by atoms with van der Waals surface area (Å²) in [7, 11) is 1.39. The van der Waals surface area contributed by atoms with Gasteiger partial charge in [0.05, 0.1) is 28.4 Å². The number of carbonyl (C=O) groups excluding carboxylic acids is 1. The Balaban J connectivity index is 1.62. The number of ether oxygens (including phenoxy) is 1. The molecule has 0 aliphatic rings. The zero-order chi connectivity index (χ0) is 25.6. The van der Waals surface area contributed by atoms with Crippen molar-refractivity contribution in [2.75, 3.05) is 7.11 Å². The number of hydrogen-bond donors (Lipinski definition) is 0. The van der Waals surface area contributed by atoms with Gasteiger partial charge < -0.3 is 13.9 Å². The quantitative estimate of drug-likeness (QED) is 0.180. The van der Waals surface area contributed by atoms with Crippen molar-refractivity contribution in [2.24, 2.45) is 5.41 Å². The van der Waals surface area contributed by atoms with Gasteiger partial charge in [-0.15, -0.1) is 0 Å². The molecule has 5 rings (SSSR count). The molecule has 36 heavy (non-hydrogen) atoms. The van der Waals surface area contributed by atoms with Crippen LogP contribution in [0.3, 0.4) is 0 Å². The normalized spacial score (nSPS) is 11.8. The number of nitro groups is 1. The number of aryl methyl sites for hydroxylation is 1. The highest BCUT2D eigenvalue weighted by molar-refractivity contribution is 5.91. The fourth-order valence-corrected chi connectivity index (χ4v) is 4.59. The summed E-state index contributed by atoms with van der Waals surface area (Å²) in [6, 6.07) is 14.8. The van der Waals surface area contributed by atoms with Crippen molar-refractivity contribution in [3.05, 3.63) is 82.9 Å². The van der Waals surface area contributed by atoms with Gasteiger partial charge in [-0.3, -0.25) is 14.9 Å². The number of rotatable bonds is 6. The van der Waals surface area contributed by atoms with Crippen LogP contribution in [-0.4, -0.2) is 37.1 Å². The molecular formula is C27H25N5O4. The SMILES string of the molecule is COC(=O)C(C)(C)Cn1ccc2c(-n3ccc4ccc(-c5cc([N+](=O)[O-])ccc5C)cc43)ncnc21. The Morgan fingerprint density at radius 1 is 1.08 bits per heavy atom. The van der Waals surface area contributed by atoms with Gasteiger partial charge in [0.1, 0.15) is 17.8 Å². The van der Waals surface area contributed by atoms with Crippen LogP contribution in [0.2, 0.25) is 0 Å². The van der Waals surface area contributed by atoms with Crippen molar-refractivity contribution in [3.8, 4) is 16.9 Å². The summed E-state index contributed by atoms with van der Waals surface area (Å²) in [5.41, 5.74) is 3.60. The molecule has 0 unspecified atom stereocenters. The first-order valence-electron chi connectivity index (χ1n) is 11.4. The largest absolute Gasteiger partial charge is 0.469 e. The molecule has 0 aliphatic heterocycles. The summed E-state index contributed by atoms with van der Waals surface area (Å²) < 4.78 is 8.88. The minimum absolute atomic E-state index is 0.0554. The van der Waals surface area contributed by atoms with Gasteiger partial charge in [-0.2, -0.15) is 0 Å². The molecule has 0 saturated heterocycles. The predicted molar refractivity (Wildman–Crippen MR) is 137 cm³/mol. The van der Waals surface area contributed by atoms with Crippen LogP contribution in [0.15, 0.2) is 67.3 Å². The third-order valence-electron chi connectivity index (χ3n) is 6.50.